The van der Waals surface area contributed by atoms with Crippen LogP contribution in [0.15, 0.2) is 41.5 Å². The highest BCUT2D eigenvalue weighted by Gasteiger charge is 2.47. The molecule has 0 radical (unpaired) electrons. The van der Waals surface area contributed by atoms with Crippen LogP contribution >= 0.6 is 0 Å². The van der Waals surface area contributed by atoms with Crippen LogP contribution in [0.5, 0.6) is 0 Å². The van der Waals surface area contributed by atoms with E-state index in [-0.39, 0.29) is 24.6 Å². The Morgan fingerprint density at radius 2 is 1.97 bits per heavy atom. The van der Waals surface area contributed by atoms with Crippen molar-refractivity contribution >= 4 is 16.9 Å². The molecule has 37 heavy (non-hydrogen) atoms. The summed E-state index contributed by atoms with van der Waals surface area (Å²) < 4.78 is 46.7. The first-order valence-electron chi connectivity index (χ1n) is 12.1. The standard InChI is InChI=1S/C26H28F3N5O3/c1-32-22-9-17(3-4-21(22)31-12-23(32)35)13-33-8-6-25(15-33,16-37-2)24(36)34-7-5-20-18(14-34)10-19(11-30-20)26(27,28)29/h3-4,9-12H,5-8,13-16H2,1-2H3. The van der Waals surface area contributed by atoms with Crippen molar-refractivity contribution in [2.45, 2.75) is 32.1 Å². The monoisotopic (exact) mass is 515 g/mol. The van der Waals surface area contributed by atoms with Gasteiger partial charge in [0, 0.05) is 58.6 Å². The number of halogens is 3. The summed E-state index contributed by atoms with van der Waals surface area (Å²) in [4.78, 5) is 37.8. The number of hydrogen-bond donors (Lipinski definition) is 0. The van der Waals surface area contributed by atoms with Gasteiger partial charge in [-0.25, -0.2) is 4.98 Å². The molecule has 11 heteroatoms. The number of pyridine rings is 1. The number of ether oxygens (including phenoxy) is 1. The fourth-order valence-corrected chi connectivity index (χ4v) is 5.45. The number of carbonyl (C=O) groups is 1. The molecule has 2 aliphatic heterocycles. The van der Waals surface area contributed by atoms with Gasteiger partial charge in [0.05, 0.1) is 34.8 Å². The minimum Gasteiger partial charge on any atom is -0.384 e. The molecule has 1 saturated heterocycles. The largest absolute Gasteiger partial charge is 0.417 e. The first-order chi connectivity index (χ1) is 17.6. The van der Waals surface area contributed by atoms with E-state index in [1.165, 1.54) is 6.20 Å². The Hall–Kier alpha value is -3.31. The Morgan fingerprint density at radius 3 is 2.73 bits per heavy atom. The predicted octanol–water partition coefficient (Wildman–Crippen LogP) is 2.77. The van der Waals surface area contributed by atoms with Gasteiger partial charge in [0.2, 0.25) is 5.91 Å². The molecule has 1 amide bonds. The molecule has 1 atom stereocenters. The van der Waals surface area contributed by atoms with Crippen LogP contribution in [-0.4, -0.2) is 63.6 Å². The third-order valence-corrected chi connectivity index (χ3v) is 7.41. The molecule has 1 aromatic carbocycles. The number of benzene rings is 1. The maximum absolute atomic E-state index is 13.8. The zero-order chi connectivity index (χ0) is 26.4. The van der Waals surface area contributed by atoms with Crippen LogP contribution in [0.3, 0.4) is 0 Å². The molecule has 5 rings (SSSR count). The summed E-state index contributed by atoms with van der Waals surface area (Å²) in [5, 5.41) is 0. The average molecular weight is 516 g/mol. The molecule has 2 aliphatic rings. The second kappa shape index (κ2) is 9.53. The fraction of sp³-hybridized carbons (Fsp3) is 0.462. The Kier molecular flexibility index (Phi) is 6.53. The molecule has 4 heterocycles. The Morgan fingerprint density at radius 1 is 1.16 bits per heavy atom. The quantitative estimate of drug-likeness (QED) is 0.520. The lowest BCUT2D eigenvalue weighted by Gasteiger charge is -2.36. The van der Waals surface area contributed by atoms with E-state index in [9.17, 15) is 22.8 Å². The molecule has 0 N–H and O–H groups in total. The van der Waals surface area contributed by atoms with Crippen molar-refractivity contribution < 1.29 is 22.7 Å². The summed E-state index contributed by atoms with van der Waals surface area (Å²) in [7, 11) is 3.26. The number of methoxy groups -OCH3 is 1. The van der Waals surface area contributed by atoms with E-state index in [0.717, 1.165) is 28.9 Å². The van der Waals surface area contributed by atoms with Crippen LogP contribution in [0.2, 0.25) is 0 Å². The SMILES string of the molecule is COCC1(C(=O)N2CCc3ncc(C(F)(F)F)cc3C2)CCN(Cc2ccc3ncc(=O)n(C)c3c2)C1. The summed E-state index contributed by atoms with van der Waals surface area (Å²) in [6, 6.07) is 6.88. The average Bonchev–Trinajstić information content (AvgIpc) is 3.28. The number of rotatable bonds is 5. The van der Waals surface area contributed by atoms with Crippen LogP contribution in [-0.2, 0) is 42.3 Å². The highest BCUT2D eigenvalue weighted by Crippen LogP contribution is 2.36. The number of fused-ring (bicyclic) bond motifs is 2. The third-order valence-electron chi connectivity index (χ3n) is 7.41. The third kappa shape index (κ3) is 4.85. The van der Waals surface area contributed by atoms with Gasteiger partial charge in [-0.15, -0.1) is 0 Å². The van der Waals surface area contributed by atoms with E-state index in [1.54, 1.807) is 23.6 Å². The van der Waals surface area contributed by atoms with Gasteiger partial charge in [-0.3, -0.25) is 19.5 Å². The number of carbonyl (C=O) groups excluding carboxylic acids is 1. The number of nitrogens with zero attached hydrogens (tertiary/aromatic N) is 5. The van der Waals surface area contributed by atoms with E-state index >= 15 is 0 Å². The molecule has 3 aromatic rings. The molecule has 8 nitrogen and oxygen atoms in total. The molecular weight excluding hydrogens is 487 g/mol. The van der Waals surface area contributed by atoms with E-state index in [4.69, 9.17) is 4.74 Å². The molecule has 0 bridgehead atoms. The number of hydrogen-bond acceptors (Lipinski definition) is 6. The first kappa shape index (κ1) is 25.3. The predicted molar refractivity (Wildman–Crippen MR) is 130 cm³/mol. The van der Waals surface area contributed by atoms with Crippen LogP contribution in [0.1, 0.15) is 28.8 Å². The van der Waals surface area contributed by atoms with Gasteiger partial charge >= 0.3 is 6.18 Å². The fourth-order valence-electron chi connectivity index (χ4n) is 5.45. The zero-order valence-electron chi connectivity index (χ0n) is 20.7. The minimum atomic E-state index is -4.48. The van der Waals surface area contributed by atoms with Crippen molar-refractivity contribution in [3.63, 3.8) is 0 Å². The molecule has 1 fully saturated rings. The Balaban J connectivity index is 1.34. The number of aromatic nitrogens is 3. The molecule has 0 spiro atoms. The maximum Gasteiger partial charge on any atom is 0.417 e. The van der Waals surface area contributed by atoms with Gasteiger partial charge in [0.25, 0.3) is 5.56 Å². The summed E-state index contributed by atoms with van der Waals surface area (Å²) >= 11 is 0. The lowest BCUT2D eigenvalue weighted by Crippen LogP contribution is -2.49. The van der Waals surface area contributed by atoms with E-state index in [1.807, 2.05) is 18.2 Å². The number of likely N-dealkylation sites (tertiary alicyclic amines) is 1. The van der Waals surface area contributed by atoms with Crippen molar-refractivity contribution in [1.82, 2.24) is 24.3 Å². The lowest BCUT2D eigenvalue weighted by atomic mass is 9.85. The van der Waals surface area contributed by atoms with Crippen molar-refractivity contribution in [2.24, 2.45) is 12.5 Å². The second-order valence-corrected chi connectivity index (χ2v) is 9.96. The number of alkyl halides is 3. The molecule has 2 aromatic heterocycles. The zero-order valence-corrected chi connectivity index (χ0v) is 20.7. The number of amides is 1. The van der Waals surface area contributed by atoms with Crippen molar-refractivity contribution in [1.29, 1.82) is 0 Å². The summed E-state index contributed by atoms with van der Waals surface area (Å²) in [5.41, 5.74) is 1.73. The smallest absolute Gasteiger partial charge is 0.384 e. The maximum atomic E-state index is 13.8. The lowest BCUT2D eigenvalue weighted by molar-refractivity contribution is -0.145. The highest BCUT2D eigenvalue weighted by molar-refractivity contribution is 5.84. The van der Waals surface area contributed by atoms with E-state index in [0.29, 0.717) is 50.3 Å². The van der Waals surface area contributed by atoms with Gasteiger partial charge in [0.1, 0.15) is 0 Å². The topological polar surface area (TPSA) is 80.6 Å². The normalized spacial score (nSPS) is 20.4. The van der Waals surface area contributed by atoms with Crippen LogP contribution in [0, 0.1) is 5.41 Å². The van der Waals surface area contributed by atoms with E-state index in [2.05, 4.69) is 14.9 Å². The van der Waals surface area contributed by atoms with Gasteiger partial charge in [-0.2, -0.15) is 13.2 Å². The molecule has 1 unspecified atom stereocenters. The van der Waals surface area contributed by atoms with Crippen molar-refractivity contribution in [3.05, 3.63) is 69.4 Å². The van der Waals surface area contributed by atoms with Gasteiger partial charge in [-0.1, -0.05) is 6.07 Å². The molecular formula is C26H28F3N5O3. The molecule has 0 aliphatic carbocycles. The Bertz CT molecular complexity index is 1410. The summed E-state index contributed by atoms with van der Waals surface area (Å²) in [5.74, 6) is -0.106. The van der Waals surface area contributed by atoms with Gasteiger partial charge in [-0.05, 0) is 42.3 Å². The molecule has 0 saturated carbocycles. The minimum absolute atomic E-state index is 0.0995. The van der Waals surface area contributed by atoms with Crippen LogP contribution in [0.25, 0.3) is 11.0 Å². The van der Waals surface area contributed by atoms with Crippen molar-refractivity contribution in [2.75, 3.05) is 33.4 Å². The first-order valence-corrected chi connectivity index (χ1v) is 12.1. The van der Waals surface area contributed by atoms with Crippen LogP contribution < -0.4 is 5.56 Å². The van der Waals surface area contributed by atoms with Gasteiger partial charge < -0.3 is 14.2 Å². The van der Waals surface area contributed by atoms with Gasteiger partial charge in [0.15, 0.2) is 0 Å². The summed E-state index contributed by atoms with van der Waals surface area (Å²) in [6.07, 6.45) is -1.33. The number of aryl methyl sites for hydroxylation is 1. The Labute approximate surface area is 211 Å². The highest BCUT2D eigenvalue weighted by atomic mass is 19.4. The van der Waals surface area contributed by atoms with E-state index < -0.39 is 17.2 Å². The molecule has 196 valence electrons. The van der Waals surface area contributed by atoms with Crippen LogP contribution in [0.4, 0.5) is 13.2 Å². The van der Waals surface area contributed by atoms with Crippen molar-refractivity contribution in [3.8, 4) is 0 Å². The summed E-state index contributed by atoms with van der Waals surface area (Å²) in [6.45, 7) is 2.45. The second-order valence-electron chi connectivity index (χ2n) is 9.96.